The van der Waals surface area contributed by atoms with Gasteiger partial charge in [-0.15, -0.1) is 0 Å². The van der Waals surface area contributed by atoms with E-state index in [1.165, 1.54) is 25.1 Å². The minimum atomic E-state index is -0.527. The molecule has 2 aromatic heterocycles. The summed E-state index contributed by atoms with van der Waals surface area (Å²) in [4.78, 5) is 29.6. The molecule has 0 saturated heterocycles. The van der Waals surface area contributed by atoms with E-state index in [1.807, 2.05) is 36.4 Å². The third kappa shape index (κ3) is 4.83. The highest BCUT2D eigenvalue weighted by molar-refractivity contribution is 9.10. The average molecular weight is 562 g/mol. The van der Waals surface area contributed by atoms with Gasteiger partial charge >= 0.3 is 5.97 Å². The maximum absolute atomic E-state index is 13.5. The maximum atomic E-state index is 13.5. The van der Waals surface area contributed by atoms with Crippen molar-refractivity contribution in [2.45, 2.75) is 0 Å². The number of carbonyl (C=O) groups is 1. The molecule has 186 valence electrons. The van der Waals surface area contributed by atoms with E-state index in [0.29, 0.717) is 43.8 Å². The van der Waals surface area contributed by atoms with Crippen LogP contribution in [0.25, 0.3) is 33.5 Å². The summed E-state index contributed by atoms with van der Waals surface area (Å²) in [5.74, 6) is 0.839. The van der Waals surface area contributed by atoms with E-state index in [1.54, 1.807) is 30.3 Å². The second kappa shape index (κ2) is 10.3. The summed E-state index contributed by atoms with van der Waals surface area (Å²) in [7, 11) is 2.76. The zero-order chi connectivity index (χ0) is 25.9. The molecule has 9 nitrogen and oxygen atoms in total. The fraction of sp³-hybridized carbons (Fsp3) is 0.111. The molecule has 0 amide bonds. The fourth-order valence-corrected chi connectivity index (χ4v) is 4.33. The van der Waals surface area contributed by atoms with Gasteiger partial charge in [0.05, 0.1) is 35.8 Å². The highest BCUT2D eigenvalue weighted by Crippen LogP contribution is 2.36. The number of ether oxygens (including phenoxy) is 3. The molecular weight excluding hydrogens is 542 g/mol. The molecule has 0 unspecified atom stereocenters. The molecule has 0 N–H and O–H groups in total. The fourth-order valence-electron chi connectivity index (χ4n) is 3.75. The van der Waals surface area contributed by atoms with Gasteiger partial charge in [0.15, 0.2) is 23.9 Å². The number of methoxy groups -OCH3 is 2. The Bertz CT molecular complexity index is 1690. The van der Waals surface area contributed by atoms with Crippen molar-refractivity contribution >= 4 is 50.0 Å². The van der Waals surface area contributed by atoms with Crippen molar-refractivity contribution in [1.82, 2.24) is 9.66 Å². The van der Waals surface area contributed by atoms with E-state index < -0.39 is 5.97 Å². The van der Waals surface area contributed by atoms with Crippen molar-refractivity contribution in [2.75, 3.05) is 20.8 Å². The van der Waals surface area contributed by atoms with Gasteiger partial charge in [-0.25, -0.2) is 9.78 Å². The van der Waals surface area contributed by atoms with Crippen LogP contribution in [0.2, 0.25) is 0 Å². The SMILES string of the molecule is COC(=O)COc1c(Br)cc(C=Nn2c(-c3cc4ccccc4o3)nc3ccccc3c2=O)cc1OC. The second-order valence-corrected chi connectivity index (χ2v) is 8.72. The van der Waals surface area contributed by atoms with Crippen LogP contribution in [0.3, 0.4) is 0 Å². The average Bonchev–Trinajstić information content (AvgIpc) is 3.35. The Kier molecular flexibility index (Phi) is 6.74. The number of nitrogens with zero attached hydrogens (tertiary/aromatic N) is 3. The van der Waals surface area contributed by atoms with Gasteiger partial charge in [-0.05, 0) is 57.9 Å². The third-order valence-corrected chi connectivity index (χ3v) is 6.12. The number of fused-ring (bicyclic) bond motifs is 2. The molecule has 5 aromatic rings. The number of esters is 1. The Morgan fingerprint density at radius 1 is 1.11 bits per heavy atom. The van der Waals surface area contributed by atoms with Crippen LogP contribution in [0, 0.1) is 0 Å². The van der Waals surface area contributed by atoms with Crippen molar-refractivity contribution in [2.24, 2.45) is 5.10 Å². The molecule has 3 aromatic carbocycles. The lowest BCUT2D eigenvalue weighted by Gasteiger charge is -2.12. The van der Waals surface area contributed by atoms with Crippen LogP contribution < -0.4 is 15.0 Å². The van der Waals surface area contributed by atoms with Crippen LogP contribution in [0.5, 0.6) is 11.5 Å². The molecular formula is C27H20BrN3O6. The summed E-state index contributed by atoms with van der Waals surface area (Å²) < 4.78 is 23.3. The van der Waals surface area contributed by atoms with Crippen LogP contribution in [-0.4, -0.2) is 42.7 Å². The van der Waals surface area contributed by atoms with Crippen LogP contribution in [0.1, 0.15) is 5.56 Å². The Balaban J connectivity index is 1.60. The molecule has 0 fully saturated rings. The van der Waals surface area contributed by atoms with Gasteiger partial charge in [0, 0.05) is 5.39 Å². The number of hydrogen-bond acceptors (Lipinski definition) is 8. The number of halogens is 1. The number of rotatable bonds is 7. The molecule has 0 aliphatic heterocycles. The standard InChI is InChI=1S/C27H20BrN3O6/c1-34-22-12-16(11-19(28)25(22)36-15-24(32)35-2)14-29-31-26(23-13-17-7-3-6-10-21(17)37-23)30-20-9-5-4-8-18(20)27(31)33/h3-14H,15H2,1-2H3. The molecule has 0 aliphatic rings. The predicted octanol–water partition coefficient (Wildman–Crippen LogP) is 5.01. The van der Waals surface area contributed by atoms with E-state index in [-0.39, 0.29) is 18.0 Å². The minimum Gasteiger partial charge on any atom is -0.493 e. The molecule has 5 rings (SSSR count). The molecule has 0 atom stereocenters. The largest absolute Gasteiger partial charge is 0.493 e. The number of benzene rings is 3. The van der Waals surface area contributed by atoms with Crippen molar-refractivity contribution in [3.05, 3.63) is 87.1 Å². The van der Waals surface area contributed by atoms with E-state index in [2.05, 4.69) is 30.8 Å². The van der Waals surface area contributed by atoms with Crippen molar-refractivity contribution in [1.29, 1.82) is 0 Å². The first-order chi connectivity index (χ1) is 18.0. The van der Waals surface area contributed by atoms with Crippen molar-refractivity contribution < 1.29 is 23.4 Å². The highest BCUT2D eigenvalue weighted by atomic mass is 79.9. The normalized spacial score (nSPS) is 11.3. The topological polar surface area (TPSA) is 105 Å². The number of hydrogen-bond donors (Lipinski definition) is 0. The van der Waals surface area contributed by atoms with Crippen molar-refractivity contribution in [3.63, 3.8) is 0 Å². The van der Waals surface area contributed by atoms with E-state index >= 15 is 0 Å². The third-order valence-electron chi connectivity index (χ3n) is 5.54. The van der Waals surface area contributed by atoms with Gasteiger partial charge in [0.1, 0.15) is 5.58 Å². The number of carbonyl (C=O) groups excluding carboxylic acids is 1. The lowest BCUT2D eigenvalue weighted by Crippen LogP contribution is -2.20. The van der Waals surface area contributed by atoms with Crippen LogP contribution in [0.15, 0.2) is 85.5 Å². The Morgan fingerprint density at radius 3 is 2.68 bits per heavy atom. The summed E-state index contributed by atoms with van der Waals surface area (Å²) in [6.45, 7) is -0.280. The van der Waals surface area contributed by atoms with Crippen LogP contribution in [-0.2, 0) is 9.53 Å². The minimum absolute atomic E-state index is 0.264. The smallest absolute Gasteiger partial charge is 0.343 e. The van der Waals surface area contributed by atoms with Crippen molar-refractivity contribution in [3.8, 4) is 23.1 Å². The summed E-state index contributed by atoms with van der Waals surface area (Å²) in [5, 5.41) is 5.77. The number of furan rings is 1. The predicted molar refractivity (Wildman–Crippen MR) is 142 cm³/mol. The summed E-state index contributed by atoms with van der Waals surface area (Å²) >= 11 is 3.44. The molecule has 0 spiro atoms. The van der Waals surface area contributed by atoms with E-state index in [4.69, 9.17) is 13.9 Å². The van der Waals surface area contributed by atoms with Gasteiger partial charge in [0.2, 0.25) is 5.82 Å². The monoisotopic (exact) mass is 561 g/mol. The molecule has 0 aliphatic carbocycles. The first-order valence-corrected chi connectivity index (χ1v) is 11.9. The van der Waals surface area contributed by atoms with Gasteiger partial charge < -0.3 is 18.6 Å². The Labute approximate surface area is 219 Å². The van der Waals surface area contributed by atoms with Gasteiger partial charge in [-0.1, -0.05) is 30.3 Å². The number of aromatic nitrogens is 2. The second-order valence-electron chi connectivity index (χ2n) is 7.86. The maximum Gasteiger partial charge on any atom is 0.343 e. The molecule has 0 saturated carbocycles. The van der Waals surface area contributed by atoms with Gasteiger partial charge in [0.25, 0.3) is 5.56 Å². The van der Waals surface area contributed by atoms with Gasteiger partial charge in [-0.3, -0.25) is 4.79 Å². The summed E-state index contributed by atoms with van der Waals surface area (Å²) in [6, 6.07) is 19.8. The Morgan fingerprint density at radius 2 is 1.89 bits per heavy atom. The van der Waals surface area contributed by atoms with Gasteiger partial charge in [-0.2, -0.15) is 9.78 Å². The molecule has 0 bridgehead atoms. The lowest BCUT2D eigenvalue weighted by molar-refractivity contribution is -0.142. The first kappa shape index (κ1) is 24.3. The van der Waals surface area contributed by atoms with Crippen LogP contribution >= 0.6 is 15.9 Å². The quantitative estimate of drug-likeness (QED) is 0.203. The summed E-state index contributed by atoms with van der Waals surface area (Å²) in [5.41, 5.74) is 1.46. The molecule has 37 heavy (non-hydrogen) atoms. The van der Waals surface area contributed by atoms with E-state index in [0.717, 1.165) is 5.39 Å². The molecule has 0 radical (unpaired) electrons. The Hall–Kier alpha value is -4.44. The zero-order valence-electron chi connectivity index (χ0n) is 19.8. The molecule has 10 heteroatoms. The summed E-state index contributed by atoms with van der Waals surface area (Å²) in [6.07, 6.45) is 1.50. The zero-order valence-corrected chi connectivity index (χ0v) is 21.4. The first-order valence-electron chi connectivity index (χ1n) is 11.1. The highest BCUT2D eigenvalue weighted by Gasteiger charge is 2.17. The van der Waals surface area contributed by atoms with E-state index in [9.17, 15) is 9.59 Å². The van der Waals surface area contributed by atoms with Crippen LogP contribution in [0.4, 0.5) is 0 Å². The lowest BCUT2D eigenvalue weighted by atomic mass is 10.2. The molecule has 2 heterocycles. The number of para-hydroxylation sites is 2.